The second-order valence-electron chi connectivity index (χ2n) is 22.5. The molecule has 19 heteroatoms. The first kappa shape index (κ1) is 52.2. The van der Waals surface area contributed by atoms with E-state index in [1.54, 1.807) is 0 Å². The van der Waals surface area contributed by atoms with Gasteiger partial charge in [0.15, 0.2) is 0 Å². The molecule has 10 aromatic carbocycles. The molecular formula is C58H56B17NO. The van der Waals surface area contributed by atoms with E-state index < -0.39 is 0 Å². The molecule has 0 unspecified atom stereocenters. The quantitative estimate of drug-likeness (QED) is 0.141. The zero-order valence-electron chi connectivity index (χ0n) is 48.6. The molecular weight excluding hydrogens is 910 g/mol. The van der Waals surface area contributed by atoms with Crippen molar-refractivity contribution in [2.45, 2.75) is 0 Å². The predicted molar refractivity (Wildman–Crippen MR) is 392 cm³/mol. The number of hydrogen-bond acceptors (Lipinski definition) is 2. The fraction of sp³-hybridized carbons (Fsp3) is 0. The Morgan fingerprint density at radius 2 is 0.701 bits per heavy atom. The first-order valence-electron chi connectivity index (χ1n) is 27.6. The molecule has 0 bridgehead atoms. The Morgan fingerprint density at radius 3 is 1.25 bits per heavy atom. The van der Waals surface area contributed by atoms with Crippen molar-refractivity contribution in [2.75, 3.05) is 4.90 Å². The molecule has 11 aromatic rings. The lowest BCUT2D eigenvalue weighted by Crippen LogP contribution is -2.57. The molecule has 0 spiro atoms. The van der Waals surface area contributed by atoms with E-state index in [0.717, 1.165) is 44.1 Å². The van der Waals surface area contributed by atoms with Crippen LogP contribution >= 0.6 is 0 Å². The van der Waals surface area contributed by atoms with Gasteiger partial charge in [-0.05, 0) is 85.3 Å². The highest BCUT2D eigenvalue weighted by molar-refractivity contribution is 6.72. The van der Waals surface area contributed by atoms with Crippen LogP contribution in [0.4, 0.5) is 17.1 Å². The summed E-state index contributed by atoms with van der Waals surface area (Å²) < 4.78 is 6.76. The van der Waals surface area contributed by atoms with E-state index in [0.29, 0.717) is 0 Å². The van der Waals surface area contributed by atoms with Gasteiger partial charge in [0.25, 0.3) is 0 Å². The maximum atomic E-state index is 6.76. The van der Waals surface area contributed by atoms with E-state index >= 15 is 0 Å². The Labute approximate surface area is 471 Å². The summed E-state index contributed by atoms with van der Waals surface area (Å²) in [5, 5.41) is 4.58. The Balaban J connectivity index is 1.14. The molecule has 11 rings (SSSR count). The molecule has 0 fully saturated rings. The Bertz CT molecular complexity index is 4190. The Hall–Kier alpha value is -6.84. The van der Waals surface area contributed by atoms with Crippen molar-refractivity contribution < 1.29 is 4.42 Å². The summed E-state index contributed by atoms with van der Waals surface area (Å²) in [5.41, 5.74) is 41.0. The van der Waals surface area contributed by atoms with E-state index in [2.05, 4.69) is 272 Å². The summed E-state index contributed by atoms with van der Waals surface area (Å²) in [6.45, 7) is 0. The van der Waals surface area contributed by atoms with Gasteiger partial charge in [-0.2, -0.15) is 0 Å². The summed E-state index contributed by atoms with van der Waals surface area (Å²) in [6.07, 6.45) is 0. The minimum absolute atomic E-state index is 0.897. The molecule has 0 saturated heterocycles. The lowest BCUT2D eigenvalue weighted by Gasteiger charge is -2.37. The third-order valence-electron chi connectivity index (χ3n) is 18.8. The van der Waals surface area contributed by atoms with Gasteiger partial charge in [0.2, 0.25) is 0 Å². The Kier molecular flexibility index (Phi) is 13.5. The maximum absolute atomic E-state index is 6.76. The summed E-state index contributed by atoms with van der Waals surface area (Å²) in [7, 11) is 39.8. The maximum Gasteiger partial charge on any atom is 0.143 e. The highest BCUT2D eigenvalue weighted by Gasteiger charge is 2.29. The van der Waals surface area contributed by atoms with Crippen molar-refractivity contribution >= 4 is 276 Å². The predicted octanol–water partition coefficient (Wildman–Crippen LogP) is -13.1. The standard InChI is InChI=1S/C58H56B17NO/c59-39-33(26-18-16-24(17-19-26)23-8-2-1-3-9-23)40(60)53(73)56(52(39)72)76(28-12-6-11-27(22-28)29-14-7-15-32-34(29)31-21-20-25-10-4-5-13-30(25)58(31)77-32)57-54(74)47(67)38(48(68)55(57)75)36-43(63)41(61)35(42(62)44(36)64)37-45(65)49(69)51(71)50(70)46(37)66/h1-22H,59-75H2. The molecule has 0 aliphatic heterocycles. The van der Waals surface area contributed by atoms with E-state index in [1.165, 1.54) is 154 Å². The zero-order valence-corrected chi connectivity index (χ0v) is 48.6. The van der Waals surface area contributed by atoms with Crippen molar-refractivity contribution in [1.82, 2.24) is 0 Å². The van der Waals surface area contributed by atoms with Crippen LogP contribution in [0.15, 0.2) is 138 Å². The van der Waals surface area contributed by atoms with E-state index in [9.17, 15) is 0 Å². The average Bonchev–Trinajstić information content (AvgIpc) is 3.86. The molecule has 1 aromatic heterocycles. The van der Waals surface area contributed by atoms with Gasteiger partial charge in [-0.25, -0.2) is 0 Å². The fourth-order valence-electron chi connectivity index (χ4n) is 13.4. The van der Waals surface area contributed by atoms with Gasteiger partial charge < -0.3 is 9.32 Å². The van der Waals surface area contributed by atoms with E-state index in [-0.39, 0.29) is 0 Å². The first-order valence-corrected chi connectivity index (χ1v) is 27.6. The third kappa shape index (κ3) is 8.19. The van der Waals surface area contributed by atoms with Crippen LogP contribution in [0.5, 0.6) is 0 Å². The first-order chi connectivity index (χ1) is 36.8. The second-order valence-corrected chi connectivity index (χ2v) is 22.5. The molecule has 0 saturated carbocycles. The SMILES string of the molecule is Bc1c(B)c(B)c(-c2c(B)c(B)c(-c3c(B)c(B)c(N(c4cccc(-c5cccc6oc7c8ccccc8ccc7c56)c4)c4c(B)c(B)c(-c5ccc(-c6ccccc6)cc5)c(B)c4B)c(B)c3B)c(B)c2B)c(B)c1B. The van der Waals surface area contributed by atoms with E-state index in [1.807, 2.05) is 0 Å². The van der Waals surface area contributed by atoms with Crippen LogP contribution in [0.1, 0.15) is 0 Å². The third-order valence-corrected chi connectivity index (χ3v) is 18.8. The molecule has 350 valence electrons. The number of benzene rings is 10. The topological polar surface area (TPSA) is 16.4 Å². The minimum atomic E-state index is 0.897. The summed E-state index contributed by atoms with van der Waals surface area (Å²) in [4.78, 5) is 2.62. The summed E-state index contributed by atoms with van der Waals surface area (Å²) >= 11 is 0. The highest BCUT2D eigenvalue weighted by atomic mass is 16.3. The van der Waals surface area contributed by atoms with Crippen molar-refractivity contribution in [2.24, 2.45) is 0 Å². The average molecular weight is 967 g/mol. The van der Waals surface area contributed by atoms with Gasteiger partial charge in [0, 0.05) is 33.2 Å². The molecule has 0 aliphatic rings. The smallest absolute Gasteiger partial charge is 0.143 e. The molecule has 1 heterocycles. The zero-order chi connectivity index (χ0) is 54.6. The molecule has 2 nitrogen and oxygen atoms in total. The lowest BCUT2D eigenvalue weighted by molar-refractivity contribution is 0.673. The van der Waals surface area contributed by atoms with Crippen LogP contribution in [0.25, 0.3) is 88.3 Å². The number of rotatable bonds is 8. The van der Waals surface area contributed by atoms with Crippen molar-refractivity contribution in [3.63, 3.8) is 0 Å². The molecule has 0 aliphatic carbocycles. The number of anilines is 3. The van der Waals surface area contributed by atoms with Crippen LogP contribution in [0.2, 0.25) is 0 Å². The van der Waals surface area contributed by atoms with Gasteiger partial charge >= 0.3 is 0 Å². The second kappa shape index (κ2) is 19.9. The Morgan fingerprint density at radius 1 is 0.286 bits per heavy atom. The number of furan rings is 1. The van der Waals surface area contributed by atoms with Gasteiger partial charge in [0.05, 0.1) is 0 Å². The van der Waals surface area contributed by atoms with Crippen molar-refractivity contribution in [3.8, 4) is 55.6 Å². The number of nitrogens with zero attached hydrogens (tertiary/aromatic N) is 1. The highest BCUT2D eigenvalue weighted by Crippen LogP contribution is 2.41. The molecule has 0 radical (unpaired) electrons. The normalized spacial score (nSPS) is 11.5. The number of hydrogen-bond donors (Lipinski definition) is 0. The van der Waals surface area contributed by atoms with Crippen LogP contribution in [0, 0.1) is 0 Å². The van der Waals surface area contributed by atoms with Gasteiger partial charge in [-0.15, -0.1) is 16.4 Å². The molecule has 0 N–H and O–H groups in total. The van der Waals surface area contributed by atoms with Crippen molar-refractivity contribution in [3.05, 3.63) is 133 Å². The van der Waals surface area contributed by atoms with E-state index in [4.69, 9.17) is 4.42 Å². The van der Waals surface area contributed by atoms with Crippen LogP contribution in [-0.4, -0.2) is 133 Å². The summed E-state index contributed by atoms with van der Waals surface area (Å²) in [6, 6.07) is 48.7. The van der Waals surface area contributed by atoms with Gasteiger partial charge in [0.1, 0.15) is 145 Å². The van der Waals surface area contributed by atoms with Crippen LogP contribution in [-0.2, 0) is 0 Å². The van der Waals surface area contributed by atoms with Crippen LogP contribution < -0.4 is 97.8 Å². The van der Waals surface area contributed by atoms with Gasteiger partial charge in [-0.3, -0.25) is 0 Å². The van der Waals surface area contributed by atoms with Crippen molar-refractivity contribution in [1.29, 1.82) is 0 Å². The largest absolute Gasteiger partial charge is 0.455 e. The minimum Gasteiger partial charge on any atom is -0.455 e. The fourth-order valence-corrected chi connectivity index (χ4v) is 13.4. The van der Waals surface area contributed by atoms with Gasteiger partial charge in [-0.1, -0.05) is 186 Å². The number of fused-ring (bicyclic) bond motifs is 5. The molecule has 0 amide bonds. The molecule has 0 atom stereocenters. The summed E-state index contributed by atoms with van der Waals surface area (Å²) in [5.74, 6) is 0. The lowest BCUT2D eigenvalue weighted by atomic mass is 9.55. The molecule has 77 heavy (non-hydrogen) atoms. The monoisotopic (exact) mass is 970 g/mol. The van der Waals surface area contributed by atoms with Crippen LogP contribution in [0.3, 0.4) is 0 Å².